The molecule has 1 amide bonds. The van der Waals surface area contributed by atoms with Crippen LogP contribution in [0, 0.1) is 0 Å². The number of aryl methyl sites for hydroxylation is 2. The summed E-state index contributed by atoms with van der Waals surface area (Å²) < 4.78 is 12.7. The van der Waals surface area contributed by atoms with Crippen LogP contribution in [0.5, 0.6) is 11.5 Å². The van der Waals surface area contributed by atoms with Crippen molar-refractivity contribution in [2.24, 2.45) is 7.05 Å². The van der Waals surface area contributed by atoms with E-state index in [9.17, 15) is 9.90 Å². The van der Waals surface area contributed by atoms with Crippen LogP contribution < -0.4 is 9.47 Å². The molecule has 0 saturated carbocycles. The number of benzene rings is 1. The molecule has 7 heteroatoms. The molecule has 1 aliphatic carbocycles. The first kappa shape index (κ1) is 18.2. The fourth-order valence-electron chi connectivity index (χ4n) is 6.05. The zero-order valence-electron chi connectivity index (χ0n) is 17.3. The van der Waals surface area contributed by atoms with Crippen molar-refractivity contribution in [1.82, 2.24) is 14.7 Å². The van der Waals surface area contributed by atoms with Gasteiger partial charge in [0.2, 0.25) is 6.79 Å². The third kappa shape index (κ3) is 2.61. The molecule has 1 aromatic heterocycles. The lowest BCUT2D eigenvalue weighted by Crippen LogP contribution is -2.52. The van der Waals surface area contributed by atoms with Crippen LogP contribution in [0.2, 0.25) is 0 Å². The van der Waals surface area contributed by atoms with E-state index in [1.165, 1.54) is 0 Å². The molecule has 2 saturated heterocycles. The number of amides is 1. The summed E-state index contributed by atoms with van der Waals surface area (Å²) in [4.78, 5) is 15.7. The fraction of sp³-hybridized carbons (Fsp3) is 0.565. The lowest BCUT2D eigenvalue weighted by atomic mass is 9.80. The number of carbonyl (C=O) groups excluding carboxylic acids is 1. The first-order valence-corrected chi connectivity index (χ1v) is 11.0. The molecule has 6 rings (SSSR count). The van der Waals surface area contributed by atoms with Gasteiger partial charge in [-0.15, -0.1) is 0 Å². The highest BCUT2D eigenvalue weighted by Crippen LogP contribution is 2.48. The second-order valence-corrected chi connectivity index (χ2v) is 9.21. The molecule has 2 bridgehead atoms. The number of rotatable bonds is 2. The Morgan fingerprint density at radius 2 is 1.87 bits per heavy atom. The third-order valence-corrected chi connectivity index (χ3v) is 7.43. The van der Waals surface area contributed by atoms with E-state index in [4.69, 9.17) is 9.47 Å². The quantitative estimate of drug-likeness (QED) is 0.825. The molecular formula is C23H27N3O4. The van der Waals surface area contributed by atoms with Crippen molar-refractivity contribution in [3.05, 3.63) is 40.7 Å². The third-order valence-electron chi connectivity index (χ3n) is 7.43. The number of hydrogen-bond acceptors (Lipinski definition) is 5. The number of carbonyl (C=O) groups is 1. The van der Waals surface area contributed by atoms with Crippen molar-refractivity contribution in [3.8, 4) is 11.5 Å². The molecule has 4 heterocycles. The molecule has 2 aromatic rings. The summed E-state index contributed by atoms with van der Waals surface area (Å²) in [6.07, 6.45) is 7.14. The Hall–Kier alpha value is -2.54. The van der Waals surface area contributed by atoms with Crippen LogP contribution in [0.15, 0.2) is 18.2 Å². The molecule has 7 nitrogen and oxygen atoms in total. The van der Waals surface area contributed by atoms with Gasteiger partial charge in [0.25, 0.3) is 5.91 Å². The van der Waals surface area contributed by atoms with E-state index in [-0.39, 0.29) is 24.8 Å². The van der Waals surface area contributed by atoms with Crippen LogP contribution in [0.4, 0.5) is 0 Å². The Bertz CT molecular complexity index is 1020. The first-order chi connectivity index (χ1) is 14.5. The van der Waals surface area contributed by atoms with Crippen LogP contribution in [0.3, 0.4) is 0 Å². The maximum absolute atomic E-state index is 13.7. The summed E-state index contributed by atoms with van der Waals surface area (Å²) in [7, 11) is 1.89. The van der Waals surface area contributed by atoms with Crippen LogP contribution in [-0.4, -0.2) is 44.6 Å². The minimum atomic E-state index is -0.949. The highest BCUT2D eigenvalue weighted by atomic mass is 16.7. The summed E-state index contributed by atoms with van der Waals surface area (Å²) in [6, 6.07) is 5.79. The van der Waals surface area contributed by atoms with Crippen LogP contribution in [0.1, 0.15) is 65.8 Å². The van der Waals surface area contributed by atoms with Gasteiger partial charge in [0.1, 0.15) is 5.69 Å². The molecule has 2 fully saturated rings. The average Bonchev–Trinajstić information content (AvgIpc) is 3.41. The van der Waals surface area contributed by atoms with Gasteiger partial charge in [-0.3, -0.25) is 9.48 Å². The Labute approximate surface area is 175 Å². The van der Waals surface area contributed by atoms with Gasteiger partial charge < -0.3 is 19.5 Å². The van der Waals surface area contributed by atoms with E-state index in [1.807, 2.05) is 30.1 Å². The molecule has 1 N–H and O–H groups in total. The largest absolute Gasteiger partial charge is 0.454 e. The summed E-state index contributed by atoms with van der Waals surface area (Å²) in [6.45, 7) is 0.222. The number of fused-ring (bicyclic) bond motifs is 4. The molecule has 3 aliphatic heterocycles. The van der Waals surface area contributed by atoms with E-state index >= 15 is 0 Å². The number of aliphatic hydroxyl groups is 1. The van der Waals surface area contributed by atoms with Gasteiger partial charge in [0, 0.05) is 37.5 Å². The molecular weight excluding hydrogens is 382 g/mol. The van der Waals surface area contributed by atoms with Gasteiger partial charge in [-0.05, 0) is 56.2 Å². The minimum Gasteiger partial charge on any atom is -0.454 e. The predicted molar refractivity (Wildman–Crippen MR) is 109 cm³/mol. The van der Waals surface area contributed by atoms with Crippen molar-refractivity contribution in [2.75, 3.05) is 6.79 Å². The lowest BCUT2D eigenvalue weighted by molar-refractivity contribution is -0.0482. The molecule has 1 aromatic carbocycles. The van der Waals surface area contributed by atoms with Crippen molar-refractivity contribution < 1.29 is 19.4 Å². The lowest BCUT2D eigenvalue weighted by Gasteiger charge is -2.44. The van der Waals surface area contributed by atoms with Crippen molar-refractivity contribution in [2.45, 2.75) is 69.1 Å². The van der Waals surface area contributed by atoms with Gasteiger partial charge in [-0.1, -0.05) is 6.07 Å². The highest BCUT2D eigenvalue weighted by molar-refractivity contribution is 5.95. The fourth-order valence-corrected chi connectivity index (χ4v) is 6.05. The van der Waals surface area contributed by atoms with Crippen LogP contribution in [-0.2, 0) is 25.5 Å². The Kier molecular flexibility index (Phi) is 3.94. The van der Waals surface area contributed by atoms with Gasteiger partial charge in [-0.25, -0.2) is 0 Å². The second kappa shape index (κ2) is 6.48. The molecule has 0 radical (unpaired) electrons. The van der Waals surface area contributed by atoms with Gasteiger partial charge in [-0.2, -0.15) is 5.10 Å². The van der Waals surface area contributed by atoms with Crippen LogP contribution >= 0.6 is 0 Å². The number of hydrogen-bond donors (Lipinski definition) is 1. The zero-order chi connectivity index (χ0) is 20.5. The molecule has 158 valence electrons. The van der Waals surface area contributed by atoms with Gasteiger partial charge in [0.15, 0.2) is 11.5 Å². The first-order valence-electron chi connectivity index (χ1n) is 11.0. The van der Waals surface area contributed by atoms with E-state index in [2.05, 4.69) is 5.10 Å². The minimum absolute atomic E-state index is 0.0424. The Morgan fingerprint density at radius 3 is 2.67 bits per heavy atom. The van der Waals surface area contributed by atoms with E-state index in [0.717, 1.165) is 66.8 Å². The molecule has 30 heavy (non-hydrogen) atoms. The Morgan fingerprint density at radius 1 is 1.13 bits per heavy atom. The number of aromatic nitrogens is 2. The summed E-state index contributed by atoms with van der Waals surface area (Å²) in [5.41, 5.74) is 2.90. The molecule has 3 atom stereocenters. The zero-order valence-corrected chi connectivity index (χ0v) is 17.3. The smallest absolute Gasteiger partial charge is 0.272 e. The topological polar surface area (TPSA) is 76.8 Å². The predicted octanol–water partition coefficient (Wildman–Crippen LogP) is 2.68. The van der Waals surface area contributed by atoms with E-state index in [1.54, 1.807) is 4.68 Å². The van der Waals surface area contributed by atoms with Crippen molar-refractivity contribution in [1.29, 1.82) is 0 Å². The normalized spacial score (nSPS) is 29.2. The van der Waals surface area contributed by atoms with E-state index < -0.39 is 5.60 Å². The van der Waals surface area contributed by atoms with Crippen molar-refractivity contribution in [3.63, 3.8) is 0 Å². The van der Waals surface area contributed by atoms with Gasteiger partial charge in [0.05, 0.1) is 11.3 Å². The highest BCUT2D eigenvalue weighted by Gasteiger charge is 2.51. The van der Waals surface area contributed by atoms with E-state index in [0.29, 0.717) is 18.6 Å². The molecule has 0 spiro atoms. The van der Waals surface area contributed by atoms with Crippen LogP contribution in [0.25, 0.3) is 0 Å². The summed E-state index contributed by atoms with van der Waals surface area (Å²) >= 11 is 0. The molecule has 4 aliphatic rings. The maximum atomic E-state index is 13.7. The standard InChI is InChI=1S/C23H27N3O4/c1-25-21(17-4-2-3-5-18(17)24-25)22(27)26-15-7-8-16(26)12-23(28,11-15)14-6-9-19-20(10-14)30-13-29-19/h6,9-10,15-16,28H,2-5,7-8,11-13H2,1H3/t15-,16+,23?. The molecule has 1 unspecified atom stereocenters. The number of nitrogens with zero attached hydrogens (tertiary/aromatic N) is 3. The van der Waals surface area contributed by atoms with Crippen molar-refractivity contribution >= 4 is 5.91 Å². The Balaban J connectivity index is 1.30. The number of piperidine rings is 1. The number of ether oxygens (including phenoxy) is 2. The SMILES string of the molecule is Cn1nc2c(c1C(=O)N1[C@@H]3CC[C@H]1CC(O)(c1ccc4c(c1)OCO4)C3)CCCC2. The maximum Gasteiger partial charge on any atom is 0.272 e. The monoisotopic (exact) mass is 409 g/mol. The van der Waals surface area contributed by atoms with Gasteiger partial charge >= 0.3 is 0 Å². The summed E-state index contributed by atoms with van der Waals surface area (Å²) in [5.74, 6) is 1.50. The second-order valence-electron chi connectivity index (χ2n) is 9.21. The summed E-state index contributed by atoms with van der Waals surface area (Å²) in [5, 5.41) is 16.2. The average molecular weight is 409 g/mol.